The van der Waals surface area contributed by atoms with Crippen molar-refractivity contribution >= 4 is 59.7 Å². The van der Waals surface area contributed by atoms with Crippen LogP contribution in [0.2, 0.25) is 5.02 Å². The molecule has 0 spiro atoms. The van der Waals surface area contributed by atoms with Gasteiger partial charge in [-0.1, -0.05) is 11.6 Å². The van der Waals surface area contributed by atoms with Gasteiger partial charge in [0.2, 0.25) is 10.0 Å². The second-order valence-electron chi connectivity index (χ2n) is 3.38. The second-order valence-corrected chi connectivity index (χ2v) is 9.21. The molecule has 1 aromatic carbocycles. The Labute approximate surface area is 119 Å². The molecule has 0 saturated carbocycles. The molecule has 0 fully saturated rings. The van der Waals surface area contributed by atoms with Crippen LogP contribution < -0.4 is 4.72 Å². The molecule has 0 heterocycles. The van der Waals surface area contributed by atoms with Gasteiger partial charge in [0.05, 0.1) is 5.69 Å². The first-order valence-corrected chi connectivity index (χ1v) is 9.39. The zero-order valence-corrected chi connectivity index (χ0v) is 13.2. The molecule has 0 aliphatic heterocycles. The van der Waals surface area contributed by atoms with Gasteiger partial charge in [0.15, 0.2) is 14.9 Å². The maximum Gasteiger partial charge on any atom is 0.247 e. The van der Waals surface area contributed by atoms with Crippen molar-refractivity contribution in [1.29, 1.82) is 0 Å². The fourth-order valence-electron chi connectivity index (χ4n) is 1.05. The van der Waals surface area contributed by atoms with Crippen LogP contribution in [0.4, 0.5) is 5.69 Å². The maximum absolute atomic E-state index is 11.5. The van der Waals surface area contributed by atoms with Gasteiger partial charge in [0.25, 0.3) is 0 Å². The summed E-state index contributed by atoms with van der Waals surface area (Å²) in [4.78, 5) is 0. The van der Waals surface area contributed by atoms with Gasteiger partial charge < -0.3 is 0 Å². The minimum atomic E-state index is -3.91. The first kappa shape index (κ1) is 15.0. The molecule has 0 unspecified atom stereocenters. The summed E-state index contributed by atoms with van der Waals surface area (Å²) in [7, 11) is -7.52. The highest BCUT2D eigenvalue weighted by Crippen LogP contribution is 2.23. The normalized spacial score (nSPS) is 12.4. The van der Waals surface area contributed by atoms with Gasteiger partial charge in [-0.2, -0.15) is 0 Å². The Hall–Kier alpha value is -0.0600. The number of halogens is 2. The SMILES string of the molecule is CS(=O)(=O)CS(=O)(=O)Nc1ccc(Cl)cc1I. The number of hydrogen-bond donors (Lipinski definition) is 1. The average Bonchev–Trinajstić information content (AvgIpc) is 2.05. The van der Waals surface area contributed by atoms with Crippen LogP contribution in [0.1, 0.15) is 0 Å². The predicted molar refractivity (Wildman–Crippen MR) is 76.4 cm³/mol. The zero-order chi connectivity index (χ0) is 13.3. The van der Waals surface area contributed by atoms with E-state index in [1.165, 1.54) is 12.1 Å². The molecule has 1 rings (SSSR count). The topological polar surface area (TPSA) is 80.3 Å². The molecule has 1 aromatic rings. The van der Waals surface area contributed by atoms with Crippen molar-refractivity contribution in [3.8, 4) is 0 Å². The van der Waals surface area contributed by atoms with Crippen molar-refractivity contribution in [2.75, 3.05) is 16.1 Å². The summed E-state index contributed by atoms with van der Waals surface area (Å²) in [5.74, 6) is 0. The summed E-state index contributed by atoms with van der Waals surface area (Å²) in [5, 5.41) is -0.473. The molecule has 5 nitrogen and oxygen atoms in total. The lowest BCUT2D eigenvalue weighted by Crippen LogP contribution is -2.22. The number of benzene rings is 1. The lowest BCUT2D eigenvalue weighted by atomic mass is 10.3. The molecule has 1 N–H and O–H groups in total. The van der Waals surface area contributed by atoms with Gasteiger partial charge in [-0.3, -0.25) is 4.72 Å². The number of sulfonamides is 1. The fourth-order valence-corrected chi connectivity index (χ4v) is 5.24. The van der Waals surface area contributed by atoms with Crippen LogP contribution in [0.25, 0.3) is 0 Å². The molecule has 17 heavy (non-hydrogen) atoms. The van der Waals surface area contributed by atoms with E-state index in [-0.39, 0.29) is 0 Å². The van der Waals surface area contributed by atoms with Gasteiger partial charge in [0, 0.05) is 14.8 Å². The average molecular weight is 410 g/mol. The summed E-state index contributed by atoms with van der Waals surface area (Å²) < 4.78 is 47.7. The lowest BCUT2D eigenvalue weighted by Gasteiger charge is -2.09. The van der Waals surface area contributed by atoms with Gasteiger partial charge in [-0.15, -0.1) is 0 Å². The molecule has 0 radical (unpaired) electrons. The molecule has 0 saturated heterocycles. The summed E-state index contributed by atoms with van der Waals surface area (Å²) in [5.41, 5.74) is 0.304. The van der Waals surface area contributed by atoms with E-state index in [2.05, 4.69) is 4.72 Å². The standard InChI is InChI=1S/C8H9ClINO4S2/c1-16(12,13)5-17(14,15)11-8-3-2-6(9)4-7(8)10/h2-4,11H,5H2,1H3. The van der Waals surface area contributed by atoms with E-state index in [1.807, 2.05) is 22.6 Å². The second kappa shape index (κ2) is 5.29. The Morgan fingerprint density at radius 1 is 1.29 bits per heavy atom. The molecule has 0 aliphatic rings. The third kappa shape index (κ3) is 5.40. The van der Waals surface area contributed by atoms with Crippen molar-refractivity contribution in [2.24, 2.45) is 0 Å². The number of hydrogen-bond acceptors (Lipinski definition) is 4. The van der Waals surface area contributed by atoms with Crippen LogP contribution >= 0.6 is 34.2 Å². The van der Waals surface area contributed by atoms with Gasteiger partial charge in [-0.25, -0.2) is 16.8 Å². The molecule has 96 valence electrons. The molecule has 0 aromatic heterocycles. The van der Waals surface area contributed by atoms with E-state index in [9.17, 15) is 16.8 Å². The van der Waals surface area contributed by atoms with Crippen LogP contribution in [0.5, 0.6) is 0 Å². The van der Waals surface area contributed by atoms with Crippen LogP contribution in [-0.4, -0.2) is 28.2 Å². The first-order chi connectivity index (χ1) is 7.59. The number of rotatable bonds is 4. The monoisotopic (exact) mass is 409 g/mol. The van der Waals surface area contributed by atoms with Crippen LogP contribution in [0, 0.1) is 3.57 Å². The number of anilines is 1. The summed E-state index contributed by atoms with van der Waals surface area (Å²) >= 11 is 7.62. The summed E-state index contributed by atoms with van der Waals surface area (Å²) in [6, 6.07) is 4.56. The highest BCUT2D eigenvalue weighted by molar-refractivity contribution is 14.1. The van der Waals surface area contributed by atoms with E-state index in [0.29, 0.717) is 14.3 Å². The Balaban J connectivity index is 2.99. The molecule has 0 amide bonds. The smallest absolute Gasteiger partial charge is 0.247 e. The Kier molecular flexibility index (Phi) is 4.67. The maximum atomic E-state index is 11.5. The number of nitrogens with one attached hydrogen (secondary N) is 1. The minimum absolute atomic E-state index is 0.304. The summed E-state index contributed by atoms with van der Waals surface area (Å²) in [6.07, 6.45) is 0.860. The van der Waals surface area contributed by atoms with Crippen LogP contribution in [0.3, 0.4) is 0 Å². The highest BCUT2D eigenvalue weighted by Gasteiger charge is 2.19. The van der Waals surface area contributed by atoms with Crippen molar-refractivity contribution < 1.29 is 16.8 Å². The first-order valence-electron chi connectivity index (χ1n) is 4.22. The van der Waals surface area contributed by atoms with Crippen molar-refractivity contribution in [2.45, 2.75) is 0 Å². The van der Waals surface area contributed by atoms with Gasteiger partial charge in [-0.05, 0) is 40.8 Å². The Bertz CT molecular complexity index is 627. The number of sulfone groups is 1. The quantitative estimate of drug-likeness (QED) is 0.768. The summed E-state index contributed by atoms with van der Waals surface area (Å²) in [6.45, 7) is 0. The van der Waals surface area contributed by atoms with Crippen molar-refractivity contribution in [3.05, 3.63) is 26.8 Å². The zero-order valence-electron chi connectivity index (χ0n) is 8.64. The molecule has 9 heteroatoms. The van der Waals surface area contributed by atoms with Crippen molar-refractivity contribution in [3.63, 3.8) is 0 Å². The molecular weight excluding hydrogens is 401 g/mol. The lowest BCUT2D eigenvalue weighted by molar-refractivity contribution is 0.595. The molecule has 0 bridgehead atoms. The van der Waals surface area contributed by atoms with E-state index < -0.39 is 24.9 Å². The minimum Gasteiger partial charge on any atom is -0.282 e. The third-order valence-electron chi connectivity index (χ3n) is 1.57. The van der Waals surface area contributed by atoms with E-state index in [4.69, 9.17) is 11.6 Å². The van der Waals surface area contributed by atoms with Gasteiger partial charge >= 0.3 is 0 Å². The fraction of sp³-hybridized carbons (Fsp3) is 0.250. The van der Waals surface area contributed by atoms with Gasteiger partial charge in [0.1, 0.15) is 0 Å². The van der Waals surface area contributed by atoms with E-state index in [1.54, 1.807) is 6.07 Å². The highest BCUT2D eigenvalue weighted by atomic mass is 127. The molecule has 0 atom stereocenters. The third-order valence-corrected chi connectivity index (χ3v) is 6.18. The molecule has 0 aliphatic carbocycles. The Morgan fingerprint density at radius 2 is 1.88 bits per heavy atom. The van der Waals surface area contributed by atoms with Crippen molar-refractivity contribution in [1.82, 2.24) is 0 Å². The van der Waals surface area contributed by atoms with Crippen LogP contribution in [0.15, 0.2) is 18.2 Å². The molecular formula is C8H9ClINO4S2. The largest absolute Gasteiger partial charge is 0.282 e. The van der Waals surface area contributed by atoms with E-state index >= 15 is 0 Å². The van der Waals surface area contributed by atoms with E-state index in [0.717, 1.165) is 6.26 Å². The van der Waals surface area contributed by atoms with Crippen LogP contribution in [-0.2, 0) is 19.9 Å². The predicted octanol–water partition coefficient (Wildman–Crippen LogP) is 1.69. The Morgan fingerprint density at radius 3 is 2.35 bits per heavy atom.